The van der Waals surface area contributed by atoms with Gasteiger partial charge in [0.25, 0.3) is 0 Å². The standard InChI is InChI=1S/C30H30ClN5O2S/c1-5-27(38)33-23-11-10-21(14-17(23)2)36-29(28(34-30(36)39)24-8-6-7-13-32-24)22-15-18(3)35(19(22)4)25-16-20(31)9-12-26(25)37/h6-16,28-29,37H,5H2,1-4H3,(H,33,38)(H,34,39). The molecule has 1 aliphatic heterocycles. The molecule has 7 nitrogen and oxygen atoms in total. The van der Waals surface area contributed by atoms with Gasteiger partial charge in [0.2, 0.25) is 5.91 Å². The first-order valence-electron chi connectivity index (χ1n) is 12.8. The van der Waals surface area contributed by atoms with E-state index in [0.29, 0.717) is 22.2 Å². The van der Waals surface area contributed by atoms with Gasteiger partial charge in [0, 0.05) is 40.4 Å². The number of hydrogen-bond donors (Lipinski definition) is 3. The van der Waals surface area contributed by atoms with Crippen LogP contribution in [0.5, 0.6) is 5.75 Å². The van der Waals surface area contributed by atoms with Crippen molar-refractivity contribution in [1.29, 1.82) is 0 Å². The van der Waals surface area contributed by atoms with Crippen molar-refractivity contribution >= 4 is 46.2 Å². The van der Waals surface area contributed by atoms with E-state index in [1.165, 1.54) is 0 Å². The molecule has 2 unspecified atom stereocenters. The van der Waals surface area contributed by atoms with Crippen LogP contribution in [0.2, 0.25) is 5.02 Å². The molecule has 1 aliphatic rings. The second kappa shape index (κ2) is 10.7. The Morgan fingerprint density at radius 1 is 1.13 bits per heavy atom. The second-order valence-electron chi connectivity index (χ2n) is 9.69. The second-order valence-corrected chi connectivity index (χ2v) is 10.5. The summed E-state index contributed by atoms with van der Waals surface area (Å²) in [4.78, 5) is 18.8. The Bertz CT molecular complexity index is 1570. The van der Waals surface area contributed by atoms with Gasteiger partial charge in [0.05, 0.1) is 23.5 Å². The third-order valence-electron chi connectivity index (χ3n) is 7.15. The van der Waals surface area contributed by atoms with Crippen molar-refractivity contribution in [3.63, 3.8) is 0 Å². The average Bonchev–Trinajstić information content (AvgIpc) is 3.41. The molecular weight excluding hydrogens is 530 g/mol. The SMILES string of the molecule is CCC(=O)Nc1ccc(N2C(=S)NC(c3ccccn3)C2c2cc(C)n(-c3cc(Cl)ccc3O)c2C)cc1C. The number of benzene rings is 2. The van der Waals surface area contributed by atoms with Crippen LogP contribution in [0, 0.1) is 20.8 Å². The van der Waals surface area contributed by atoms with Crippen LogP contribution in [0.3, 0.4) is 0 Å². The number of phenols is 1. The van der Waals surface area contributed by atoms with Crippen LogP contribution in [0.15, 0.2) is 66.9 Å². The van der Waals surface area contributed by atoms with Crippen LogP contribution in [-0.2, 0) is 4.79 Å². The van der Waals surface area contributed by atoms with Crippen molar-refractivity contribution in [2.75, 3.05) is 10.2 Å². The van der Waals surface area contributed by atoms with Crippen LogP contribution in [0.1, 0.15) is 53.6 Å². The Kier molecular flexibility index (Phi) is 7.34. The number of pyridine rings is 1. The summed E-state index contributed by atoms with van der Waals surface area (Å²) in [6, 6.07) is 18.5. The molecule has 4 aromatic rings. The molecule has 2 atom stereocenters. The number of amides is 1. The molecule has 0 saturated carbocycles. The number of carbonyl (C=O) groups is 1. The highest BCUT2D eigenvalue weighted by Crippen LogP contribution is 2.44. The molecule has 0 aliphatic carbocycles. The van der Waals surface area contributed by atoms with Gasteiger partial charge in [-0.3, -0.25) is 9.78 Å². The molecule has 0 bridgehead atoms. The number of hydrogen-bond acceptors (Lipinski definition) is 4. The minimum Gasteiger partial charge on any atom is -0.506 e. The molecule has 2 aromatic heterocycles. The molecule has 39 heavy (non-hydrogen) atoms. The fourth-order valence-electron chi connectivity index (χ4n) is 5.26. The first-order valence-corrected chi connectivity index (χ1v) is 13.6. The van der Waals surface area contributed by atoms with Crippen molar-refractivity contribution in [1.82, 2.24) is 14.9 Å². The maximum absolute atomic E-state index is 12.0. The zero-order valence-electron chi connectivity index (χ0n) is 22.2. The first-order chi connectivity index (χ1) is 18.7. The van der Waals surface area contributed by atoms with Crippen LogP contribution >= 0.6 is 23.8 Å². The smallest absolute Gasteiger partial charge is 0.224 e. The van der Waals surface area contributed by atoms with Crippen LogP contribution in [0.25, 0.3) is 5.69 Å². The van der Waals surface area contributed by atoms with Gasteiger partial charge in [-0.15, -0.1) is 0 Å². The summed E-state index contributed by atoms with van der Waals surface area (Å²) in [6.07, 6.45) is 2.19. The van der Waals surface area contributed by atoms with E-state index in [2.05, 4.69) is 26.6 Å². The van der Waals surface area contributed by atoms with Gasteiger partial charge in [-0.05, 0) is 98.7 Å². The molecule has 2 aromatic carbocycles. The summed E-state index contributed by atoms with van der Waals surface area (Å²) in [5.74, 6) is 0.111. The molecule has 1 amide bonds. The summed E-state index contributed by atoms with van der Waals surface area (Å²) in [5.41, 5.74) is 7.04. The van der Waals surface area contributed by atoms with E-state index >= 15 is 0 Å². The number of carbonyl (C=O) groups excluding carboxylic acids is 1. The lowest BCUT2D eigenvalue weighted by molar-refractivity contribution is -0.115. The maximum atomic E-state index is 12.0. The molecule has 3 heterocycles. The number of nitrogens with one attached hydrogen (secondary N) is 2. The van der Waals surface area contributed by atoms with Gasteiger partial charge in [0.15, 0.2) is 5.11 Å². The van der Waals surface area contributed by atoms with Crippen LogP contribution in [-0.4, -0.2) is 25.7 Å². The maximum Gasteiger partial charge on any atom is 0.224 e. The fraction of sp³-hybridized carbons (Fsp3) is 0.233. The summed E-state index contributed by atoms with van der Waals surface area (Å²) >= 11 is 12.2. The zero-order valence-corrected chi connectivity index (χ0v) is 23.8. The van der Waals surface area contributed by atoms with Gasteiger partial charge in [0.1, 0.15) is 5.75 Å². The fourth-order valence-corrected chi connectivity index (χ4v) is 5.77. The summed E-state index contributed by atoms with van der Waals surface area (Å²) < 4.78 is 2.01. The van der Waals surface area contributed by atoms with Gasteiger partial charge >= 0.3 is 0 Å². The number of anilines is 2. The molecule has 5 rings (SSSR count). The molecule has 9 heteroatoms. The van der Waals surface area contributed by atoms with Crippen LogP contribution < -0.4 is 15.5 Å². The number of phenolic OH excluding ortho intramolecular Hbond substituents is 1. The highest BCUT2D eigenvalue weighted by Gasteiger charge is 2.42. The van der Waals surface area contributed by atoms with Crippen molar-refractivity contribution in [3.05, 3.63) is 100 Å². The van der Waals surface area contributed by atoms with Gasteiger partial charge in [-0.25, -0.2) is 0 Å². The largest absolute Gasteiger partial charge is 0.506 e. The predicted octanol–water partition coefficient (Wildman–Crippen LogP) is 6.68. The minimum absolute atomic E-state index is 0.0333. The molecule has 3 N–H and O–H groups in total. The highest BCUT2D eigenvalue weighted by molar-refractivity contribution is 7.80. The molecule has 0 radical (unpaired) electrons. The summed E-state index contributed by atoms with van der Waals surface area (Å²) in [6.45, 7) is 7.84. The Morgan fingerprint density at radius 3 is 2.62 bits per heavy atom. The molecular formula is C30H30ClN5O2S. The lowest BCUT2D eigenvalue weighted by atomic mass is 9.96. The van der Waals surface area contributed by atoms with Gasteiger partial charge in [-0.1, -0.05) is 24.6 Å². The summed E-state index contributed by atoms with van der Waals surface area (Å²) in [5, 5.41) is 18.3. The van der Waals surface area contributed by atoms with E-state index in [4.69, 9.17) is 23.8 Å². The topological polar surface area (TPSA) is 82.4 Å². The van der Waals surface area contributed by atoms with E-state index < -0.39 is 0 Å². The third-order valence-corrected chi connectivity index (χ3v) is 7.70. The van der Waals surface area contributed by atoms with Crippen LogP contribution in [0.4, 0.5) is 11.4 Å². The number of thiocarbonyl (C=S) groups is 1. The van der Waals surface area contributed by atoms with E-state index in [1.807, 2.05) is 68.7 Å². The molecule has 200 valence electrons. The Balaban J connectivity index is 1.65. The molecule has 1 fully saturated rings. The van der Waals surface area contributed by atoms with Gasteiger partial charge < -0.3 is 25.2 Å². The number of aromatic nitrogens is 2. The number of rotatable bonds is 6. The van der Waals surface area contributed by atoms with Gasteiger partial charge in [-0.2, -0.15) is 0 Å². The molecule has 0 spiro atoms. The lowest BCUT2D eigenvalue weighted by Gasteiger charge is -2.29. The number of nitrogens with zero attached hydrogens (tertiary/aromatic N) is 3. The minimum atomic E-state index is -0.232. The monoisotopic (exact) mass is 559 g/mol. The van der Waals surface area contributed by atoms with E-state index in [1.54, 1.807) is 24.4 Å². The normalized spacial score (nSPS) is 16.8. The Morgan fingerprint density at radius 2 is 1.92 bits per heavy atom. The van der Waals surface area contributed by atoms with Crippen molar-refractivity contribution in [2.24, 2.45) is 0 Å². The Labute approximate surface area is 238 Å². The summed E-state index contributed by atoms with van der Waals surface area (Å²) in [7, 11) is 0. The lowest BCUT2D eigenvalue weighted by Crippen LogP contribution is -2.29. The van der Waals surface area contributed by atoms with Crippen molar-refractivity contribution in [2.45, 2.75) is 46.2 Å². The number of aromatic hydroxyl groups is 1. The first kappa shape index (κ1) is 26.7. The van der Waals surface area contributed by atoms with Crippen molar-refractivity contribution < 1.29 is 9.90 Å². The van der Waals surface area contributed by atoms with E-state index in [9.17, 15) is 9.90 Å². The molecule has 1 saturated heterocycles. The van der Waals surface area contributed by atoms with E-state index in [0.717, 1.165) is 39.6 Å². The Hall–Kier alpha value is -3.88. The number of halogens is 1. The third kappa shape index (κ3) is 4.97. The number of aryl methyl sites for hydroxylation is 2. The zero-order chi connectivity index (χ0) is 27.8. The van der Waals surface area contributed by atoms with E-state index in [-0.39, 0.29) is 23.7 Å². The average molecular weight is 560 g/mol. The predicted molar refractivity (Wildman–Crippen MR) is 160 cm³/mol. The van der Waals surface area contributed by atoms with Crippen molar-refractivity contribution in [3.8, 4) is 11.4 Å². The quantitative estimate of drug-likeness (QED) is 0.229. The highest BCUT2D eigenvalue weighted by atomic mass is 35.5.